The number of hydrogen-bond acceptors (Lipinski definition) is 8. The van der Waals surface area contributed by atoms with Crippen molar-refractivity contribution in [2.45, 2.75) is 19.5 Å². The number of fused-ring (bicyclic) bond motifs is 4. The summed E-state index contributed by atoms with van der Waals surface area (Å²) in [6, 6.07) is 20.6. The molecule has 0 radical (unpaired) electrons. The summed E-state index contributed by atoms with van der Waals surface area (Å²) in [5.74, 6) is 0.604. The fraction of sp³-hybridized carbons (Fsp3) is 0.226. The molecule has 1 fully saturated rings. The molecule has 39 heavy (non-hydrogen) atoms. The molecular formula is C31H27N3O3S2. The van der Waals surface area contributed by atoms with Crippen molar-refractivity contribution in [2.24, 2.45) is 0 Å². The summed E-state index contributed by atoms with van der Waals surface area (Å²) in [4.78, 5) is 19.8. The second kappa shape index (κ2) is 10.2. The van der Waals surface area contributed by atoms with E-state index >= 15 is 0 Å². The maximum absolute atomic E-state index is 13.2. The highest BCUT2D eigenvalue weighted by Gasteiger charge is 2.20. The van der Waals surface area contributed by atoms with Gasteiger partial charge < -0.3 is 19.4 Å². The number of aromatic nitrogens is 1. The zero-order chi connectivity index (χ0) is 26.3. The van der Waals surface area contributed by atoms with Crippen molar-refractivity contribution in [3.8, 4) is 11.1 Å². The minimum Gasteiger partial charge on any atom is -0.440 e. The first kappa shape index (κ1) is 24.5. The van der Waals surface area contributed by atoms with Crippen LogP contribution in [-0.2, 0) is 11.3 Å². The highest BCUT2D eigenvalue weighted by Crippen LogP contribution is 2.43. The smallest absolute Gasteiger partial charge is 0.200 e. The fourth-order valence-corrected chi connectivity index (χ4v) is 7.32. The van der Waals surface area contributed by atoms with E-state index in [1.165, 1.54) is 25.7 Å². The number of thiazole rings is 1. The highest BCUT2D eigenvalue weighted by atomic mass is 32.1. The van der Waals surface area contributed by atoms with Crippen LogP contribution >= 0.6 is 22.7 Å². The van der Waals surface area contributed by atoms with Gasteiger partial charge in [-0.05, 0) is 24.6 Å². The van der Waals surface area contributed by atoms with E-state index in [2.05, 4.69) is 64.6 Å². The molecule has 1 aliphatic heterocycles. The lowest BCUT2D eigenvalue weighted by molar-refractivity contribution is 0.121. The van der Waals surface area contributed by atoms with E-state index in [4.69, 9.17) is 9.15 Å². The van der Waals surface area contributed by atoms with Crippen molar-refractivity contribution in [3.63, 3.8) is 0 Å². The predicted molar refractivity (Wildman–Crippen MR) is 161 cm³/mol. The number of hydrogen-bond donors (Lipinski definition) is 1. The van der Waals surface area contributed by atoms with Crippen molar-refractivity contribution in [1.82, 2.24) is 10.3 Å². The van der Waals surface area contributed by atoms with Crippen molar-refractivity contribution in [2.75, 3.05) is 31.2 Å². The number of rotatable bonds is 6. The molecule has 1 atom stereocenters. The average molecular weight is 554 g/mol. The van der Waals surface area contributed by atoms with Crippen LogP contribution in [0.2, 0.25) is 0 Å². The van der Waals surface area contributed by atoms with Crippen LogP contribution in [0.3, 0.4) is 0 Å². The lowest BCUT2D eigenvalue weighted by atomic mass is 9.97. The first-order valence-corrected chi connectivity index (χ1v) is 14.8. The summed E-state index contributed by atoms with van der Waals surface area (Å²) in [7, 11) is 0. The Kier molecular flexibility index (Phi) is 6.40. The van der Waals surface area contributed by atoms with Gasteiger partial charge in [-0.3, -0.25) is 4.79 Å². The normalized spacial score (nSPS) is 14.9. The van der Waals surface area contributed by atoms with Gasteiger partial charge in [0.2, 0.25) is 0 Å². The zero-order valence-corrected chi connectivity index (χ0v) is 23.1. The molecule has 0 bridgehead atoms. The monoisotopic (exact) mass is 553 g/mol. The molecule has 1 N–H and O–H groups in total. The SMILES string of the molecule is CC(NCc1ccc(-c2cccc3c(=O)cc(N4CCOCC4)oc23)c2sc3ccccc3c12)c1nccs1. The van der Waals surface area contributed by atoms with E-state index in [1.54, 1.807) is 28.7 Å². The molecule has 7 rings (SSSR count). The highest BCUT2D eigenvalue weighted by molar-refractivity contribution is 7.26. The lowest BCUT2D eigenvalue weighted by Gasteiger charge is -2.27. The van der Waals surface area contributed by atoms with Crippen LogP contribution < -0.4 is 15.6 Å². The van der Waals surface area contributed by atoms with Crippen molar-refractivity contribution in [3.05, 3.63) is 93.0 Å². The molecule has 1 unspecified atom stereocenters. The van der Waals surface area contributed by atoms with Gasteiger partial charge in [0.05, 0.1) is 24.6 Å². The van der Waals surface area contributed by atoms with E-state index in [0.29, 0.717) is 43.2 Å². The quantitative estimate of drug-likeness (QED) is 0.240. The van der Waals surface area contributed by atoms with Crippen LogP contribution in [0.4, 0.5) is 5.88 Å². The summed E-state index contributed by atoms with van der Waals surface area (Å²) >= 11 is 3.46. The number of ether oxygens (including phenoxy) is 1. The van der Waals surface area contributed by atoms with Crippen LogP contribution in [0, 0.1) is 0 Å². The van der Waals surface area contributed by atoms with Crippen molar-refractivity contribution >= 4 is 59.7 Å². The molecular weight excluding hydrogens is 526 g/mol. The third-order valence-electron chi connectivity index (χ3n) is 7.39. The molecule has 1 aliphatic rings. The predicted octanol–water partition coefficient (Wildman–Crippen LogP) is 6.97. The molecule has 0 amide bonds. The number of nitrogens with zero attached hydrogens (tertiary/aromatic N) is 2. The van der Waals surface area contributed by atoms with E-state index in [1.807, 2.05) is 23.7 Å². The van der Waals surface area contributed by atoms with Gasteiger partial charge in [0.25, 0.3) is 0 Å². The van der Waals surface area contributed by atoms with E-state index in [0.717, 1.165) is 22.7 Å². The molecule has 1 saturated heterocycles. The molecule has 0 spiro atoms. The Bertz CT molecular complexity index is 1850. The second-order valence-corrected chi connectivity index (χ2v) is 11.8. The molecule has 6 aromatic rings. The Hall–Kier alpha value is -3.56. The van der Waals surface area contributed by atoms with Crippen LogP contribution in [0.5, 0.6) is 0 Å². The number of benzene rings is 3. The summed E-state index contributed by atoms with van der Waals surface area (Å²) in [6.07, 6.45) is 1.85. The van der Waals surface area contributed by atoms with Gasteiger partial charge in [-0.1, -0.05) is 42.5 Å². The maximum atomic E-state index is 13.2. The van der Waals surface area contributed by atoms with Crippen LogP contribution in [0.15, 0.2) is 81.5 Å². The minimum atomic E-state index is -0.0239. The van der Waals surface area contributed by atoms with Crippen LogP contribution in [-0.4, -0.2) is 31.3 Å². The van der Waals surface area contributed by atoms with Gasteiger partial charge in [0.15, 0.2) is 11.3 Å². The summed E-state index contributed by atoms with van der Waals surface area (Å²) in [6.45, 7) is 5.55. The third-order valence-corrected chi connectivity index (χ3v) is 9.55. The molecule has 196 valence electrons. The Morgan fingerprint density at radius 1 is 1.03 bits per heavy atom. The van der Waals surface area contributed by atoms with Gasteiger partial charge in [-0.25, -0.2) is 4.98 Å². The first-order valence-electron chi connectivity index (χ1n) is 13.1. The zero-order valence-electron chi connectivity index (χ0n) is 21.5. The lowest BCUT2D eigenvalue weighted by Crippen LogP contribution is -2.36. The molecule has 3 aromatic heterocycles. The van der Waals surface area contributed by atoms with Crippen molar-refractivity contribution in [1.29, 1.82) is 0 Å². The number of anilines is 1. The largest absolute Gasteiger partial charge is 0.440 e. The van der Waals surface area contributed by atoms with Gasteiger partial charge in [-0.15, -0.1) is 22.7 Å². The third kappa shape index (κ3) is 4.43. The molecule has 3 aromatic carbocycles. The Balaban J connectivity index is 1.38. The Morgan fingerprint density at radius 2 is 1.87 bits per heavy atom. The van der Waals surface area contributed by atoms with Crippen molar-refractivity contribution < 1.29 is 9.15 Å². The molecule has 0 aliphatic carbocycles. The summed E-state index contributed by atoms with van der Waals surface area (Å²) < 4.78 is 14.4. The Labute approximate surface area is 233 Å². The van der Waals surface area contributed by atoms with Crippen LogP contribution in [0.1, 0.15) is 23.5 Å². The van der Waals surface area contributed by atoms with E-state index < -0.39 is 0 Å². The molecule has 6 nitrogen and oxygen atoms in total. The topological polar surface area (TPSA) is 67.6 Å². The first-order chi connectivity index (χ1) is 19.2. The summed E-state index contributed by atoms with van der Waals surface area (Å²) in [5, 5.41) is 9.85. The number of nitrogens with one attached hydrogen (secondary N) is 1. The number of para-hydroxylation sites is 1. The van der Waals surface area contributed by atoms with E-state index in [-0.39, 0.29) is 11.5 Å². The average Bonchev–Trinajstić information content (AvgIpc) is 3.65. The fourth-order valence-electron chi connectivity index (χ4n) is 5.37. The van der Waals surface area contributed by atoms with Crippen LogP contribution in [0.25, 0.3) is 42.3 Å². The number of morpholine rings is 1. The van der Waals surface area contributed by atoms with Gasteiger partial charge in [0.1, 0.15) is 10.6 Å². The molecule has 0 saturated carbocycles. The van der Waals surface area contributed by atoms with Gasteiger partial charge in [-0.2, -0.15) is 0 Å². The molecule has 4 heterocycles. The van der Waals surface area contributed by atoms with Gasteiger partial charge >= 0.3 is 0 Å². The minimum absolute atomic E-state index is 0.0239. The van der Waals surface area contributed by atoms with E-state index in [9.17, 15) is 4.79 Å². The summed E-state index contributed by atoms with van der Waals surface area (Å²) in [5.41, 5.74) is 3.87. The Morgan fingerprint density at radius 3 is 2.72 bits per heavy atom. The second-order valence-electron chi connectivity index (χ2n) is 9.78. The molecule has 8 heteroatoms. The number of thiophene rings is 1. The standard InChI is InChI=1S/C31H27N3O3S2/c1-19(31-32-11-16-38-31)33-18-20-9-10-22(30-28(20)24-5-2-3-8-26(24)39-30)21-6-4-7-23-25(35)17-27(37-29(21)23)34-12-14-36-15-13-34/h2-11,16-17,19,33H,12-15,18H2,1H3. The maximum Gasteiger partial charge on any atom is 0.200 e. The van der Waals surface area contributed by atoms with Gasteiger partial charge in [0, 0.05) is 68.6 Å².